The predicted molar refractivity (Wildman–Crippen MR) is 104 cm³/mol. The van der Waals surface area contributed by atoms with Crippen molar-refractivity contribution in [1.82, 2.24) is 20.2 Å². The van der Waals surface area contributed by atoms with E-state index < -0.39 is 0 Å². The van der Waals surface area contributed by atoms with Crippen molar-refractivity contribution in [1.29, 1.82) is 0 Å². The van der Waals surface area contributed by atoms with Crippen LogP contribution in [0.3, 0.4) is 0 Å². The standard InChI is InChI=1S/C20H26FN5O/c1-14(15-5-7-16(21)8-6-15)18-19(23-9-12-26-10-3-4-11-26)25-17(13-24-18)20(27)22-2/h5-8,13-14H,3-4,9-12H2,1-2H3,(H,22,27)(H,23,25). The van der Waals surface area contributed by atoms with Crippen LogP contribution >= 0.6 is 0 Å². The van der Waals surface area contributed by atoms with Crippen molar-refractivity contribution in [2.24, 2.45) is 0 Å². The second kappa shape index (κ2) is 8.90. The molecular weight excluding hydrogens is 345 g/mol. The highest BCUT2D eigenvalue weighted by Crippen LogP contribution is 2.27. The number of aromatic nitrogens is 2. The van der Waals surface area contributed by atoms with Crippen molar-refractivity contribution in [2.75, 3.05) is 38.5 Å². The van der Waals surface area contributed by atoms with Crippen molar-refractivity contribution in [2.45, 2.75) is 25.7 Å². The molecule has 0 spiro atoms. The van der Waals surface area contributed by atoms with E-state index in [2.05, 4.69) is 25.5 Å². The van der Waals surface area contributed by atoms with Gasteiger partial charge in [-0.3, -0.25) is 9.78 Å². The van der Waals surface area contributed by atoms with Gasteiger partial charge in [0.15, 0.2) is 0 Å². The molecule has 0 saturated carbocycles. The van der Waals surface area contributed by atoms with E-state index in [1.807, 2.05) is 6.92 Å². The minimum atomic E-state index is -0.272. The van der Waals surface area contributed by atoms with Crippen LogP contribution in [0.15, 0.2) is 30.5 Å². The predicted octanol–water partition coefficient (Wildman–Crippen LogP) is 2.63. The molecule has 1 fully saturated rings. The van der Waals surface area contributed by atoms with Gasteiger partial charge in [-0.05, 0) is 43.6 Å². The Balaban J connectivity index is 1.81. The average Bonchev–Trinajstić information content (AvgIpc) is 3.21. The molecule has 1 aliphatic heterocycles. The van der Waals surface area contributed by atoms with E-state index in [-0.39, 0.29) is 23.3 Å². The zero-order valence-corrected chi connectivity index (χ0v) is 15.8. The van der Waals surface area contributed by atoms with Crippen LogP contribution in [-0.2, 0) is 0 Å². The number of nitrogens with zero attached hydrogens (tertiary/aromatic N) is 3. The van der Waals surface area contributed by atoms with Gasteiger partial charge in [0, 0.05) is 26.1 Å². The highest BCUT2D eigenvalue weighted by molar-refractivity contribution is 5.92. The summed E-state index contributed by atoms with van der Waals surface area (Å²) >= 11 is 0. The zero-order chi connectivity index (χ0) is 19.2. The third kappa shape index (κ3) is 4.80. The number of hydrogen-bond donors (Lipinski definition) is 2. The number of benzene rings is 1. The van der Waals surface area contributed by atoms with E-state index in [0.29, 0.717) is 5.82 Å². The van der Waals surface area contributed by atoms with Crippen molar-refractivity contribution < 1.29 is 9.18 Å². The molecule has 1 unspecified atom stereocenters. The molecule has 0 bridgehead atoms. The first-order valence-corrected chi connectivity index (χ1v) is 9.39. The molecular formula is C20H26FN5O. The van der Waals surface area contributed by atoms with Crippen molar-refractivity contribution in [3.05, 3.63) is 53.2 Å². The molecule has 1 atom stereocenters. The number of halogens is 1. The van der Waals surface area contributed by atoms with Crippen LogP contribution in [0.25, 0.3) is 0 Å². The Hall–Kier alpha value is -2.54. The van der Waals surface area contributed by atoms with Gasteiger partial charge < -0.3 is 15.5 Å². The molecule has 1 saturated heterocycles. The van der Waals surface area contributed by atoms with Gasteiger partial charge in [-0.25, -0.2) is 9.37 Å². The van der Waals surface area contributed by atoms with Crippen LogP contribution in [0.5, 0.6) is 0 Å². The van der Waals surface area contributed by atoms with Crippen LogP contribution < -0.4 is 10.6 Å². The Morgan fingerprint density at radius 3 is 2.63 bits per heavy atom. The Labute approximate surface area is 159 Å². The van der Waals surface area contributed by atoms with Crippen molar-refractivity contribution in [3.63, 3.8) is 0 Å². The van der Waals surface area contributed by atoms with Gasteiger partial charge in [0.2, 0.25) is 0 Å². The number of anilines is 1. The lowest BCUT2D eigenvalue weighted by Gasteiger charge is -2.19. The van der Waals surface area contributed by atoms with Crippen molar-refractivity contribution >= 4 is 11.7 Å². The number of carbonyl (C=O) groups is 1. The number of nitrogens with one attached hydrogen (secondary N) is 2. The minimum Gasteiger partial charge on any atom is -0.367 e. The smallest absolute Gasteiger partial charge is 0.271 e. The third-order valence-electron chi connectivity index (χ3n) is 4.96. The topological polar surface area (TPSA) is 70.2 Å². The molecule has 1 aromatic carbocycles. The lowest BCUT2D eigenvalue weighted by Crippen LogP contribution is -2.27. The summed E-state index contributed by atoms with van der Waals surface area (Å²) in [6, 6.07) is 6.39. The molecule has 1 amide bonds. The fourth-order valence-corrected chi connectivity index (χ4v) is 3.33. The summed E-state index contributed by atoms with van der Waals surface area (Å²) in [6.07, 6.45) is 3.98. The number of likely N-dealkylation sites (tertiary alicyclic amines) is 1. The molecule has 6 nitrogen and oxygen atoms in total. The van der Waals surface area contributed by atoms with Gasteiger partial charge in [0.05, 0.1) is 11.9 Å². The van der Waals surface area contributed by atoms with E-state index >= 15 is 0 Å². The summed E-state index contributed by atoms with van der Waals surface area (Å²) in [6.45, 7) is 5.92. The van der Waals surface area contributed by atoms with E-state index in [0.717, 1.165) is 37.4 Å². The number of carbonyl (C=O) groups excluding carboxylic acids is 1. The lowest BCUT2D eigenvalue weighted by atomic mass is 9.97. The fourth-order valence-electron chi connectivity index (χ4n) is 3.33. The Kier molecular flexibility index (Phi) is 6.34. The first-order chi connectivity index (χ1) is 13.1. The maximum atomic E-state index is 13.2. The summed E-state index contributed by atoms with van der Waals surface area (Å²) in [5.74, 6) is -0.0136. The second-order valence-electron chi connectivity index (χ2n) is 6.82. The first-order valence-electron chi connectivity index (χ1n) is 9.39. The van der Waals surface area contributed by atoms with Crippen LogP contribution in [0.2, 0.25) is 0 Å². The molecule has 0 aliphatic carbocycles. The van der Waals surface area contributed by atoms with Crippen LogP contribution in [0, 0.1) is 5.82 Å². The molecule has 27 heavy (non-hydrogen) atoms. The summed E-state index contributed by atoms with van der Waals surface area (Å²) < 4.78 is 13.2. The number of rotatable bonds is 7. The van der Waals surface area contributed by atoms with Gasteiger partial charge >= 0.3 is 0 Å². The van der Waals surface area contributed by atoms with Gasteiger partial charge in [0.25, 0.3) is 5.91 Å². The Morgan fingerprint density at radius 2 is 1.96 bits per heavy atom. The van der Waals surface area contributed by atoms with Gasteiger partial charge in [0.1, 0.15) is 17.3 Å². The number of amides is 1. The summed E-state index contributed by atoms with van der Waals surface area (Å²) in [5, 5.41) is 5.93. The summed E-state index contributed by atoms with van der Waals surface area (Å²) in [5.41, 5.74) is 1.97. The minimum absolute atomic E-state index is 0.0777. The quantitative estimate of drug-likeness (QED) is 0.783. The highest BCUT2D eigenvalue weighted by Gasteiger charge is 2.19. The largest absolute Gasteiger partial charge is 0.367 e. The Bertz CT molecular complexity index is 774. The fraction of sp³-hybridized carbons (Fsp3) is 0.450. The average molecular weight is 371 g/mol. The summed E-state index contributed by atoms with van der Waals surface area (Å²) in [7, 11) is 1.57. The van der Waals surface area contributed by atoms with E-state index in [1.165, 1.54) is 31.2 Å². The molecule has 2 N–H and O–H groups in total. The Morgan fingerprint density at radius 1 is 1.26 bits per heavy atom. The van der Waals surface area contributed by atoms with Gasteiger partial charge in [-0.1, -0.05) is 19.1 Å². The monoisotopic (exact) mass is 371 g/mol. The van der Waals surface area contributed by atoms with Crippen LogP contribution in [0.4, 0.5) is 10.2 Å². The van der Waals surface area contributed by atoms with E-state index in [9.17, 15) is 9.18 Å². The van der Waals surface area contributed by atoms with E-state index in [4.69, 9.17) is 0 Å². The molecule has 2 heterocycles. The molecule has 2 aromatic rings. The molecule has 1 aliphatic rings. The van der Waals surface area contributed by atoms with Crippen molar-refractivity contribution in [3.8, 4) is 0 Å². The molecule has 144 valence electrons. The number of hydrogen-bond acceptors (Lipinski definition) is 5. The normalized spacial score (nSPS) is 15.5. The zero-order valence-electron chi connectivity index (χ0n) is 15.8. The molecule has 7 heteroatoms. The second-order valence-corrected chi connectivity index (χ2v) is 6.82. The first kappa shape index (κ1) is 19.2. The summed E-state index contributed by atoms with van der Waals surface area (Å²) in [4.78, 5) is 23.4. The highest BCUT2D eigenvalue weighted by atomic mass is 19.1. The lowest BCUT2D eigenvalue weighted by molar-refractivity contribution is 0.0958. The maximum Gasteiger partial charge on any atom is 0.271 e. The molecule has 3 rings (SSSR count). The molecule has 0 radical (unpaired) electrons. The van der Waals surface area contributed by atoms with Crippen LogP contribution in [-0.4, -0.2) is 54.0 Å². The molecule has 1 aromatic heterocycles. The van der Waals surface area contributed by atoms with E-state index in [1.54, 1.807) is 19.2 Å². The SMILES string of the molecule is CNC(=O)c1cnc(C(C)c2ccc(F)cc2)c(NCCN2CCCC2)n1. The third-order valence-corrected chi connectivity index (χ3v) is 4.96. The van der Waals surface area contributed by atoms with Gasteiger partial charge in [-0.15, -0.1) is 0 Å². The van der Waals surface area contributed by atoms with Gasteiger partial charge in [-0.2, -0.15) is 0 Å². The van der Waals surface area contributed by atoms with Crippen LogP contribution in [0.1, 0.15) is 47.4 Å². The maximum absolute atomic E-state index is 13.2.